The average molecular weight is 419 g/mol. The highest BCUT2D eigenvalue weighted by Gasteiger charge is 2.25. The SMILES string of the molecule is O=C(CCCCc1nc2ccccc2s1)N1CCC(c2nc3ccccc3[nH]2)CC1. The fourth-order valence-electron chi connectivity index (χ4n) is 4.31. The number of likely N-dealkylation sites (tertiary alicyclic amines) is 1. The number of para-hydroxylation sites is 3. The summed E-state index contributed by atoms with van der Waals surface area (Å²) in [6.45, 7) is 1.66. The van der Waals surface area contributed by atoms with Gasteiger partial charge in [0.2, 0.25) is 5.91 Å². The smallest absolute Gasteiger partial charge is 0.222 e. The van der Waals surface area contributed by atoms with E-state index in [0.717, 1.165) is 67.6 Å². The Morgan fingerprint density at radius 3 is 2.57 bits per heavy atom. The summed E-state index contributed by atoms with van der Waals surface area (Å²) in [6, 6.07) is 16.4. The zero-order valence-corrected chi connectivity index (χ0v) is 17.8. The van der Waals surface area contributed by atoms with Gasteiger partial charge in [-0.15, -0.1) is 11.3 Å². The molecule has 30 heavy (non-hydrogen) atoms. The second kappa shape index (κ2) is 8.56. The summed E-state index contributed by atoms with van der Waals surface area (Å²) in [5.74, 6) is 1.78. The number of rotatable bonds is 6. The molecule has 1 N–H and O–H groups in total. The van der Waals surface area contributed by atoms with Gasteiger partial charge in [-0.3, -0.25) is 4.79 Å². The Hall–Kier alpha value is -2.73. The van der Waals surface area contributed by atoms with Crippen molar-refractivity contribution < 1.29 is 4.79 Å². The number of unbranched alkanes of at least 4 members (excludes halogenated alkanes) is 1. The Bertz CT molecular complexity index is 1090. The third kappa shape index (κ3) is 4.10. The minimum absolute atomic E-state index is 0.294. The number of hydrogen-bond donors (Lipinski definition) is 1. The third-order valence-corrected chi connectivity index (χ3v) is 7.11. The number of fused-ring (bicyclic) bond motifs is 2. The lowest BCUT2D eigenvalue weighted by Crippen LogP contribution is -2.38. The number of nitrogens with one attached hydrogen (secondary N) is 1. The van der Waals surface area contributed by atoms with E-state index in [-0.39, 0.29) is 0 Å². The number of amides is 1. The van der Waals surface area contributed by atoms with E-state index in [1.165, 1.54) is 9.71 Å². The fourth-order valence-corrected chi connectivity index (χ4v) is 5.31. The molecule has 1 saturated heterocycles. The molecule has 4 aromatic rings. The van der Waals surface area contributed by atoms with Crippen molar-refractivity contribution in [3.8, 4) is 0 Å². The van der Waals surface area contributed by atoms with Gasteiger partial charge in [0.1, 0.15) is 5.82 Å². The Kier molecular flexibility index (Phi) is 5.49. The second-order valence-electron chi connectivity index (χ2n) is 8.08. The van der Waals surface area contributed by atoms with Gasteiger partial charge in [-0.25, -0.2) is 9.97 Å². The van der Waals surface area contributed by atoms with Gasteiger partial charge in [0.25, 0.3) is 0 Å². The highest BCUT2D eigenvalue weighted by Crippen LogP contribution is 2.28. The van der Waals surface area contributed by atoms with Crippen molar-refractivity contribution in [2.75, 3.05) is 13.1 Å². The van der Waals surface area contributed by atoms with Gasteiger partial charge in [-0.05, 0) is 56.4 Å². The van der Waals surface area contributed by atoms with E-state index < -0.39 is 0 Å². The molecule has 0 unspecified atom stereocenters. The second-order valence-corrected chi connectivity index (χ2v) is 9.19. The van der Waals surface area contributed by atoms with Crippen LogP contribution in [0.4, 0.5) is 0 Å². The standard InChI is InChI=1S/C24H26N4OS/c29-23(12-6-5-11-22-25-20-9-3-4-10-21(20)30-22)28-15-13-17(14-16-28)24-26-18-7-1-2-8-19(18)27-24/h1-4,7-10,17H,5-6,11-16H2,(H,26,27). The number of hydrogen-bond acceptors (Lipinski definition) is 4. The minimum Gasteiger partial charge on any atom is -0.343 e. The third-order valence-electron chi connectivity index (χ3n) is 6.01. The minimum atomic E-state index is 0.294. The van der Waals surface area contributed by atoms with Crippen LogP contribution in [0.3, 0.4) is 0 Å². The first-order valence-electron chi connectivity index (χ1n) is 10.8. The number of thiazole rings is 1. The summed E-state index contributed by atoms with van der Waals surface area (Å²) in [7, 11) is 0. The fraction of sp³-hybridized carbons (Fsp3) is 0.375. The van der Waals surface area contributed by atoms with Gasteiger partial charge >= 0.3 is 0 Å². The van der Waals surface area contributed by atoms with Gasteiger partial charge in [0.15, 0.2) is 0 Å². The Balaban J connectivity index is 1.07. The molecule has 5 rings (SSSR count). The number of imidazole rings is 1. The number of H-pyrrole nitrogens is 1. The molecule has 154 valence electrons. The zero-order chi connectivity index (χ0) is 20.3. The van der Waals surface area contributed by atoms with Crippen LogP contribution >= 0.6 is 11.3 Å². The Labute approximate surface area is 180 Å². The Morgan fingerprint density at radius 1 is 1.00 bits per heavy atom. The molecule has 2 aromatic carbocycles. The van der Waals surface area contributed by atoms with Gasteiger partial charge < -0.3 is 9.88 Å². The molecule has 6 heteroatoms. The van der Waals surface area contributed by atoms with Crippen molar-refractivity contribution in [3.05, 3.63) is 59.4 Å². The topological polar surface area (TPSA) is 61.9 Å². The van der Waals surface area contributed by atoms with Crippen molar-refractivity contribution in [3.63, 3.8) is 0 Å². The number of aromatic nitrogens is 3. The van der Waals surface area contributed by atoms with Gasteiger partial charge in [0, 0.05) is 25.4 Å². The van der Waals surface area contributed by atoms with Crippen LogP contribution in [-0.4, -0.2) is 38.8 Å². The molecule has 0 spiro atoms. The van der Waals surface area contributed by atoms with E-state index in [2.05, 4.69) is 34.2 Å². The first kappa shape index (κ1) is 19.2. The molecule has 1 fully saturated rings. The maximum Gasteiger partial charge on any atom is 0.222 e. The number of aromatic amines is 1. The van der Waals surface area contributed by atoms with Gasteiger partial charge in [-0.1, -0.05) is 24.3 Å². The van der Waals surface area contributed by atoms with E-state index in [1.54, 1.807) is 11.3 Å². The highest BCUT2D eigenvalue weighted by atomic mass is 32.1. The van der Waals surface area contributed by atoms with E-state index in [0.29, 0.717) is 18.2 Å². The van der Waals surface area contributed by atoms with E-state index >= 15 is 0 Å². The number of carbonyl (C=O) groups is 1. The number of benzene rings is 2. The number of aryl methyl sites for hydroxylation is 1. The van der Waals surface area contributed by atoms with Crippen LogP contribution < -0.4 is 0 Å². The summed E-state index contributed by atoms with van der Waals surface area (Å²) in [5, 5.41) is 1.18. The summed E-state index contributed by atoms with van der Waals surface area (Å²) >= 11 is 1.77. The van der Waals surface area contributed by atoms with Crippen LogP contribution in [0.25, 0.3) is 21.3 Å². The van der Waals surface area contributed by atoms with Crippen molar-refractivity contribution in [1.82, 2.24) is 19.9 Å². The van der Waals surface area contributed by atoms with Crippen LogP contribution in [0.2, 0.25) is 0 Å². The number of piperidine rings is 1. The molecule has 1 aliphatic heterocycles. The molecule has 0 atom stereocenters. The first-order valence-corrected chi connectivity index (χ1v) is 11.6. The normalized spacial score (nSPS) is 15.3. The summed E-state index contributed by atoms with van der Waals surface area (Å²) in [4.78, 5) is 27.6. The molecule has 0 aliphatic carbocycles. The molecule has 1 aliphatic rings. The lowest BCUT2D eigenvalue weighted by Gasteiger charge is -2.31. The van der Waals surface area contributed by atoms with E-state index in [9.17, 15) is 4.79 Å². The molecule has 0 bridgehead atoms. The predicted molar refractivity (Wildman–Crippen MR) is 122 cm³/mol. The highest BCUT2D eigenvalue weighted by molar-refractivity contribution is 7.18. The molecular weight excluding hydrogens is 392 g/mol. The number of nitrogens with zero attached hydrogens (tertiary/aromatic N) is 3. The van der Waals surface area contributed by atoms with Crippen molar-refractivity contribution in [2.45, 2.75) is 44.4 Å². The maximum absolute atomic E-state index is 12.6. The summed E-state index contributed by atoms with van der Waals surface area (Å²) < 4.78 is 1.25. The van der Waals surface area contributed by atoms with Crippen molar-refractivity contribution in [2.24, 2.45) is 0 Å². The van der Waals surface area contributed by atoms with Crippen LogP contribution in [0, 0.1) is 0 Å². The predicted octanol–water partition coefficient (Wildman–Crippen LogP) is 5.29. The summed E-state index contributed by atoms with van der Waals surface area (Å²) in [5.41, 5.74) is 3.21. The van der Waals surface area contributed by atoms with E-state index in [4.69, 9.17) is 4.98 Å². The first-order chi connectivity index (χ1) is 14.8. The van der Waals surface area contributed by atoms with Gasteiger partial charge in [0.05, 0.1) is 26.3 Å². The Morgan fingerprint density at radius 2 is 1.77 bits per heavy atom. The van der Waals surface area contributed by atoms with Crippen LogP contribution in [0.5, 0.6) is 0 Å². The van der Waals surface area contributed by atoms with Gasteiger partial charge in [-0.2, -0.15) is 0 Å². The monoisotopic (exact) mass is 418 g/mol. The van der Waals surface area contributed by atoms with Crippen molar-refractivity contribution in [1.29, 1.82) is 0 Å². The number of carbonyl (C=O) groups excluding carboxylic acids is 1. The zero-order valence-electron chi connectivity index (χ0n) is 17.0. The molecule has 3 heterocycles. The summed E-state index contributed by atoms with van der Waals surface area (Å²) in [6.07, 6.45) is 5.51. The maximum atomic E-state index is 12.6. The van der Waals surface area contributed by atoms with Crippen LogP contribution in [0.1, 0.15) is 48.9 Å². The molecular formula is C24H26N4OS. The van der Waals surface area contributed by atoms with Crippen LogP contribution in [0.15, 0.2) is 48.5 Å². The molecule has 5 nitrogen and oxygen atoms in total. The molecule has 1 amide bonds. The molecule has 2 aromatic heterocycles. The van der Waals surface area contributed by atoms with Crippen LogP contribution in [-0.2, 0) is 11.2 Å². The largest absolute Gasteiger partial charge is 0.343 e. The lowest BCUT2D eigenvalue weighted by molar-refractivity contribution is -0.132. The molecule has 0 saturated carbocycles. The quantitative estimate of drug-likeness (QED) is 0.433. The average Bonchev–Trinajstić information content (AvgIpc) is 3.40. The lowest BCUT2D eigenvalue weighted by atomic mass is 9.96. The molecule has 0 radical (unpaired) electrons. The van der Waals surface area contributed by atoms with E-state index in [1.807, 2.05) is 29.2 Å². The van der Waals surface area contributed by atoms with Crippen molar-refractivity contribution >= 4 is 38.5 Å².